The van der Waals surface area contributed by atoms with Crippen LogP contribution in [0.5, 0.6) is 0 Å². The molecule has 2 unspecified atom stereocenters. The number of anilines is 2. The normalized spacial score (nSPS) is 26.7. The van der Waals surface area contributed by atoms with Crippen molar-refractivity contribution in [3.8, 4) is 0 Å². The largest absolute Gasteiger partial charge is 0.381 e. The van der Waals surface area contributed by atoms with Gasteiger partial charge in [0.25, 0.3) is 0 Å². The van der Waals surface area contributed by atoms with Gasteiger partial charge >= 0.3 is 0 Å². The van der Waals surface area contributed by atoms with E-state index in [-0.39, 0.29) is 0 Å². The van der Waals surface area contributed by atoms with E-state index in [1.807, 2.05) is 0 Å². The Labute approximate surface area is 90.5 Å². The van der Waals surface area contributed by atoms with Gasteiger partial charge in [0, 0.05) is 25.0 Å². The molecule has 4 nitrogen and oxygen atoms in total. The highest BCUT2D eigenvalue weighted by molar-refractivity contribution is 5.58. The third-order valence-corrected chi connectivity index (χ3v) is 3.35. The second kappa shape index (κ2) is 4.04. The van der Waals surface area contributed by atoms with Crippen molar-refractivity contribution in [2.75, 3.05) is 17.2 Å². The van der Waals surface area contributed by atoms with E-state index in [0.717, 1.165) is 12.4 Å². The number of nitrogens with two attached hydrogens (primary N) is 1. The van der Waals surface area contributed by atoms with Gasteiger partial charge in [0.2, 0.25) is 0 Å². The molecule has 0 radical (unpaired) electrons. The molecule has 2 rings (SSSR count). The van der Waals surface area contributed by atoms with Crippen LogP contribution in [0.3, 0.4) is 0 Å². The first-order valence-corrected chi connectivity index (χ1v) is 5.53. The number of nitrogen functional groups attached to an aromatic ring is 1. The number of hydrogen-bond donors (Lipinski definition) is 1. The van der Waals surface area contributed by atoms with Crippen molar-refractivity contribution < 1.29 is 0 Å². The zero-order chi connectivity index (χ0) is 10.8. The summed E-state index contributed by atoms with van der Waals surface area (Å²) in [5, 5.41) is 0. The first-order chi connectivity index (χ1) is 7.20. The first kappa shape index (κ1) is 10.2. The Morgan fingerprint density at radius 1 is 1.33 bits per heavy atom. The molecule has 2 atom stereocenters. The molecule has 0 amide bonds. The smallest absolute Gasteiger partial charge is 0.171 e. The lowest BCUT2D eigenvalue weighted by Gasteiger charge is -2.38. The van der Waals surface area contributed by atoms with Gasteiger partial charge in [-0.05, 0) is 25.7 Å². The van der Waals surface area contributed by atoms with E-state index in [1.54, 1.807) is 12.4 Å². The molecule has 1 aromatic rings. The molecule has 1 aromatic heterocycles. The lowest BCUT2D eigenvalue weighted by molar-refractivity contribution is 0.361. The van der Waals surface area contributed by atoms with E-state index in [1.165, 1.54) is 12.8 Å². The molecule has 0 bridgehead atoms. The van der Waals surface area contributed by atoms with E-state index >= 15 is 0 Å². The van der Waals surface area contributed by atoms with Crippen LogP contribution in [0.15, 0.2) is 12.4 Å². The van der Waals surface area contributed by atoms with E-state index in [2.05, 4.69) is 28.7 Å². The SMILES string of the molecule is CC1CCCN(c2nccnc2N)C1C. The third-order valence-electron chi connectivity index (χ3n) is 3.35. The highest BCUT2D eigenvalue weighted by atomic mass is 15.2. The zero-order valence-electron chi connectivity index (χ0n) is 9.35. The van der Waals surface area contributed by atoms with Crippen LogP contribution in [0.1, 0.15) is 26.7 Å². The summed E-state index contributed by atoms with van der Waals surface area (Å²) >= 11 is 0. The minimum Gasteiger partial charge on any atom is -0.381 e. The van der Waals surface area contributed by atoms with Crippen LogP contribution in [0.25, 0.3) is 0 Å². The van der Waals surface area contributed by atoms with Crippen LogP contribution >= 0.6 is 0 Å². The third kappa shape index (κ3) is 1.89. The Morgan fingerprint density at radius 2 is 2.07 bits per heavy atom. The minimum absolute atomic E-state index is 0.498. The predicted octanol–water partition coefficient (Wildman–Crippen LogP) is 1.68. The summed E-state index contributed by atoms with van der Waals surface area (Å²) in [6, 6.07) is 0.498. The molecule has 0 saturated carbocycles. The summed E-state index contributed by atoms with van der Waals surface area (Å²) in [6.45, 7) is 5.55. The highest BCUT2D eigenvalue weighted by Gasteiger charge is 2.26. The van der Waals surface area contributed by atoms with Crippen LogP contribution in [0.4, 0.5) is 11.6 Å². The molecule has 0 spiro atoms. The van der Waals surface area contributed by atoms with Gasteiger partial charge in [-0.15, -0.1) is 0 Å². The molecular formula is C11H18N4. The maximum absolute atomic E-state index is 5.84. The number of rotatable bonds is 1. The standard InChI is InChI=1S/C11H18N4/c1-8-4-3-7-15(9(8)2)11-10(12)13-5-6-14-11/h5-6,8-9H,3-4,7H2,1-2H3,(H2,12,13). The summed E-state index contributed by atoms with van der Waals surface area (Å²) in [5.74, 6) is 2.08. The first-order valence-electron chi connectivity index (χ1n) is 5.53. The molecule has 4 heteroatoms. The average Bonchev–Trinajstić information content (AvgIpc) is 2.23. The van der Waals surface area contributed by atoms with Crippen LogP contribution < -0.4 is 10.6 Å². The summed E-state index contributed by atoms with van der Waals surface area (Å²) in [5.41, 5.74) is 5.84. The number of aromatic nitrogens is 2. The summed E-state index contributed by atoms with van der Waals surface area (Å²) < 4.78 is 0. The van der Waals surface area contributed by atoms with Crippen molar-refractivity contribution in [2.24, 2.45) is 5.92 Å². The summed E-state index contributed by atoms with van der Waals surface area (Å²) in [7, 11) is 0. The van der Waals surface area contributed by atoms with E-state index in [9.17, 15) is 0 Å². The van der Waals surface area contributed by atoms with Crippen LogP contribution in [-0.2, 0) is 0 Å². The van der Waals surface area contributed by atoms with Gasteiger partial charge < -0.3 is 10.6 Å². The fourth-order valence-electron chi connectivity index (χ4n) is 2.20. The van der Waals surface area contributed by atoms with Gasteiger partial charge in [0.1, 0.15) is 0 Å². The van der Waals surface area contributed by atoms with Crippen LogP contribution in [0.2, 0.25) is 0 Å². The van der Waals surface area contributed by atoms with Crippen molar-refractivity contribution in [3.05, 3.63) is 12.4 Å². The quantitative estimate of drug-likeness (QED) is 0.759. The van der Waals surface area contributed by atoms with Gasteiger partial charge in [0.15, 0.2) is 11.6 Å². The van der Waals surface area contributed by atoms with Crippen molar-refractivity contribution in [1.29, 1.82) is 0 Å². The predicted molar refractivity (Wildman–Crippen MR) is 61.7 cm³/mol. The van der Waals surface area contributed by atoms with Crippen LogP contribution in [-0.4, -0.2) is 22.6 Å². The van der Waals surface area contributed by atoms with E-state index in [4.69, 9.17) is 5.73 Å². The molecule has 1 fully saturated rings. The van der Waals surface area contributed by atoms with Gasteiger partial charge in [-0.1, -0.05) is 6.92 Å². The lowest BCUT2D eigenvalue weighted by Crippen LogP contribution is -2.43. The molecule has 2 N–H and O–H groups in total. The van der Waals surface area contributed by atoms with Crippen molar-refractivity contribution >= 4 is 11.6 Å². The van der Waals surface area contributed by atoms with Gasteiger partial charge in [-0.3, -0.25) is 0 Å². The second-order valence-corrected chi connectivity index (χ2v) is 4.32. The number of nitrogens with zero attached hydrogens (tertiary/aromatic N) is 3. The fraction of sp³-hybridized carbons (Fsp3) is 0.636. The Balaban J connectivity index is 2.26. The molecular weight excluding hydrogens is 188 g/mol. The maximum Gasteiger partial charge on any atom is 0.171 e. The molecule has 0 aliphatic carbocycles. The molecule has 82 valence electrons. The van der Waals surface area contributed by atoms with Crippen molar-refractivity contribution in [1.82, 2.24) is 9.97 Å². The van der Waals surface area contributed by atoms with Crippen LogP contribution in [0, 0.1) is 5.92 Å². The maximum atomic E-state index is 5.84. The van der Waals surface area contributed by atoms with E-state index < -0.39 is 0 Å². The Morgan fingerprint density at radius 3 is 2.80 bits per heavy atom. The minimum atomic E-state index is 0.498. The summed E-state index contributed by atoms with van der Waals surface area (Å²) in [6.07, 6.45) is 5.84. The second-order valence-electron chi connectivity index (χ2n) is 4.32. The molecule has 1 aliphatic heterocycles. The Bertz CT molecular complexity index is 339. The molecule has 1 saturated heterocycles. The summed E-state index contributed by atoms with van der Waals surface area (Å²) in [4.78, 5) is 10.7. The van der Waals surface area contributed by atoms with Gasteiger partial charge in [-0.2, -0.15) is 0 Å². The molecule has 1 aliphatic rings. The van der Waals surface area contributed by atoms with E-state index in [0.29, 0.717) is 17.8 Å². The number of hydrogen-bond acceptors (Lipinski definition) is 4. The fourth-order valence-corrected chi connectivity index (χ4v) is 2.20. The molecule has 15 heavy (non-hydrogen) atoms. The Kier molecular flexibility index (Phi) is 2.75. The van der Waals surface area contributed by atoms with Gasteiger partial charge in [-0.25, -0.2) is 9.97 Å². The van der Waals surface area contributed by atoms with Crippen molar-refractivity contribution in [3.63, 3.8) is 0 Å². The number of piperidine rings is 1. The van der Waals surface area contributed by atoms with Crippen molar-refractivity contribution in [2.45, 2.75) is 32.7 Å². The topological polar surface area (TPSA) is 55.0 Å². The zero-order valence-corrected chi connectivity index (χ0v) is 9.35. The molecule has 0 aromatic carbocycles. The highest BCUT2D eigenvalue weighted by Crippen LogP contribution is 2.29. The average molecular weight is 206 g/mol. The Hall–Kier alpha value is -1.32. The monoisotopic (exact) mass is 206 g/mol. The lowest BCUT2D eigenvalue weighted by atomic mass is 9.92. The van der Waals surface area contributed by atoms with Gasteiger partial charge in [0.05, 0.1) is 0 Å². The molecule has 2 heterocycles.